The van der Waals surface area contributed by atoms with Crippen molar-refractivity contribution in [3.8, 4) is 0 Å². The minimum atomic E-state index is -4.40. The number of rotatable bonds is 2. The Bertz CT molecular complexity index is 1080. The predicted octanol–water partition coefficient (Wildman–Crippen LogP) is 4.60. The van der Waals surface area contributed by atoms with Gasteiger partial charge in [-0.3, -0.25) is 4.79 Å². The van der Waals surface area contributed by atoms with Crippen LogP contribution in [0.1, 0.15) is 40.5 Å². The molecular weight excluding hydrogens is 365 g/mol. The van der Waals surface area contributed by atoms with Gasteiger partial charge in [0, 0.05) is 30.6 Å². The minimum absolute atomic E-state index is 0.119. The fourth-order valence-corrected chi connectivity index (χ4v) is 4.77. The van der Waals surface area contributed by atoms with Crippen molar-refractivity contribution >= 4 is 16.8 Å². The molecule has 1 unspecified atom stereocenters. The molecule has 1 N–H and O–H groups in total. The Morgan fingerprint density at radius 3 is 2.75 bits per heavy atom. The van der Waals surface area contributed by atoms with E-state index in [4.69, 9.17) is 0 Å². The summed E-state index contributed by atoms with van der Waals surface area (Å²) in [4.78, 5) is 12.7. The van der Waals surface area contributed by atoms with Gasteiger partial charge in [0.25, 0.3) is 0 Å². The molecular formula is C22H19F3N2O. The van der Waals surface area contributed by atoms with Gasteiger partial charge in [0.15, 0.2) is 0 Å². The minimum Gasteiger partial charge on any atom is -0.355 e. The number of carbonyl (C=O) groups excluding carboxylic acids is 1. The quantitative estimate of drug-likeness (QED) is 0.688. The lowest BCUT2D eigenvalue weighted by atomic mass is 9.83. The summed E-state index contributed by atoms with van der Waals surface area (Å²) in [6.07, 6.45) is -0.308. The fourth-order valence-electron chi connectivity index (χ4n) is 4.77. The highest BCUT2D eigenvalue weighted by Crippen LogP contribution is 2.43. The van der Waals surface area contributed by atoms with Gasteiger partial charge in [0.05, 0.1) is 17.0 Å². The van der Waals surface area contributed by atoms with Crippen molar-refractivity contribution in [2.75, 3.05) is 6.54 Å². The fraction of sp³-hybridized carbons (Fsp3) is 0.318. The van der Waals surface area contributed by atoms with E-state index in [1.54, 1.807) is 6.07 Å². The van der Waals surface area contributed by atoms with E-state index in [1.165, 1.54) is 17.7 Å². The lowest BCUT2D eigenvalue weighted by molar-refractivity contribution is -0.137. The highest BCUT2D eigenvalue weighted by Gasteiger charge is 2.40. The number of aryl methyl sites for hydroxylation is 2. The summed E-state index contributed by atoms with van der Waals surface area (Å²) in [6, 6.07) is 11.5. The van der Waals surface area contributed by atoms with Crippen LogP contribution in [0.15, 0.2) is 48.7 Å². The molecule has 144 valence electrons. The van der Waals surface area contributed by atoms with E-state index < -0.39 is 17.7 Å². The molecule has 0 bridgehead atoms. The zero-order valence-electron chi connectivity index (χ0n) is 15.1. The number of hydrogen-bond donors (Lipinski definition) is 1. The molecule has 1 aromatic heterocycles. The summed E-state index contributed by atoms with van der Waals surface area (Å²) >= 11 is 0. The number of hydrogen-bond acceptors (Lipinski definition) is 1. The molecule has 0 aliphatic carbocycles. The van der Waals surface area contributed by atoms with E-state index in [9.17, 15) is 18.0 Å². The Balaban J connectivity index is 1.63. The van der Waals surface area contributed by atoms with Crippen molar-refractivity contribution in [1.29, 1.82) is 0 Å². The molecule has 3 aromatic rings. The Labute approximate surface area is 160 Å². The summed E-state index contributed by atoms with van der Waals surface area (Å²) < 4.78 is 41.7. The third-order valence-electron chi connectivity index (χ3n) is 6.02. The number of alkyl halides is 3. The zero-order valence-corrected chi connectivity index (χ0v) is 15.1. The second-order valence-corrected chi connectivity index (χ2v) is 7.65. The number of nitrogens with zero attached hydrogens (tertiary/aromatic N) is 1. The summed E-state index contributed by atoms with van der Waals surface area (Å²) in [5.41, 5.74) is 3.21. The van der Waals surface area contributed by atoms with Crippen LogP contribution in [0.4, 0.5) is 13.2 Å². The predicted molar refractivity (Wildman–Crippen MR) is 100 cm³/mol. The molecule has 0 radical (unpaired) electrons. The van der Waals surface area contributed by atoms with Gasteiger partial charge >= 0.3 is 6.18 Å². The van der Waals surface area contributed by atoms with Crippen LogP contribution in [0.3, 0.4) is 0 Å². The van der Waals surface area contributed by atoms with Crippen molar-refractivity contribution < 1.29 is 18.0 Å². The van der Waals surface area contributed by atoms with Gasteiger partial charge in [0.1, 0.15) is 0 Å². The van der Waals surface area contributed by atoms with Crippen LogP contribution in [0.5, 0.6) is 0 Å². The molecule has 0 spiro atoms. The van der Waals surface area contributed by atoms with Gasteiger partial charge in [-0.25, -0.2) is 0 Å². The van der Waals surface area contributed by atoms with E-state index in [0.29, 0.717) is 12.1 Å². The number of nitrogens with one attached hydrogen (secondary N) is 1. The Kier molecular flexibility index (Phi) is 3.79. The molecule has 2 aliphatic heterocycles. The van der Waals surface area contributed by atoms with Crippen molar-refractivity contribution in [3.05, 3.63) is 70.9 Å². The van der Waals surface area contributed by atoms with E-state index in [1.807, 2.05) is 18.3 Å². The Morgan fingerprint density at radius 2 is 1.93 bits per heavy atom. The molecule has 28 heavy (non-hydrogen) atoms. The molecule has 6 heteroatoms. The van der Waals surface area contributed by atoms with Crippen molar-refractivity contribution in [2.24, 2.45) is 0 Å². The number of para-hydroxylation sites is 1. The average molecular weight is 384 g/mol. The van der Waals surface area contributed by atoms with Gasteiger partial charge in [-0.05, 0) is 35.6 Å². The summed E-state index contributed by atoms with van der Waals surface area (Å²) in [6.45, 7) is 1.24. The number of benzene rings is 2. The summed E-state index contributed by atoms with van der Waals surface area (Å²) in [5, 5.41) is 3.91. The lowest BCUT2D eigenvalue weighted by Gasteiger charge is -2.18. The molecule has 2 atom stereocenters. The third kappa shape index (κ3) is 2.62. The van der Waals surface area contributed by atoms with Crippen LogP contribution in [0.2, 0.25) is 0 Å². The maximum atomic E-state index is 13.2. The van der Waals surface area contributed by atoms with E-state index in [0.717, 1.165) is 41.9 Å². The first-order valence-electron chi connectivity index (χ1n) is 9.49. The molecule has 1 fully saturated rings. The largest absolute Gasteiger partial charge is 0.416 e. The van der Waals surface area contributed by atoms with Crippen LogP contribution in [0.25, 0.3) is 10.9 Å². The molecule has 1 amide bonds. The second-order valence-electron chi connectivity index (χ2n) is 7.65. The van der Waals surface area contributed by atoms with Crippen molar-refractivity contribution in [2.45, 2.75) is 37.4 Å². The molecule has 2 aromatic carbocycles. The van der Waals surface area contributed by atoms with Crippen molar-refractivity contribution in [1.82, 2.24) is 9.88 Å². The SMILES string of the molecule is O=C1NCC(c2cccc(C(F)(F)F)c2)[C@@H]1c1cn2c3c(cccc13)CCC2. The molecule has 3 nitrogen and oxygen atoms in total. The topological polar surface area (TPSA) is 34.0 Å². The lowest BCUT2D eigenvalue weighted by Crippen LogP contribution is -2.18. The van der Waals surface area contributed by atoms with Crippen LogP contribution < -0.4 is 5.32 Å². The van der Waals surface area contributed by atoms with Gasteiger partial charge in [-0.15, -0.1) is 0 Å². The maximum absolute atomic E-state index is 13.2. The summed E-state index contributed by atoms with van der Waals surface area (Å²) in [7, 11) is 0. The number of carbonyl (C=O) groups is 1. The normalized spacial score (nSPS) is 21.9. The monoisotopic (exact) mass is 384 g/mol. The Hall–Kier alpha value is -2.76. The molecule has 0 saturated carbocycles. The Morgan fingerprint density at radius 1 is 1.11 bits per heavy atom. The van der Waals surface area contributed by atoms with E-state index in [-0.39, 0.29) is 11.8 Å². The first-order chi connectivity index (χ1) is 13.4. The third-order valence-corrected chi connectivity index (χ3v) is 6.02. The number of amides is 1. The standard InChI is InChI=1S/C22H19F3N2O/c23-22(24,25)15-7-1-5-14(10-15)17-11-26-21(28)19(17)18-12-27-9-3-6-13-4-2-8-16(18)20(13)27/h1-2,4-5,7-8,10,12,17,19H,3,6,9,11H2,(H,26,28)/t17?,19-/m1/s1. The van der Waals surface area contributed by atoms with Gasteiger partial charge < -0.3 is 9.88 Å². The van der Waals surface area contributed by atoms with E-state index >= 15 is 0 Å². The number of halogens is 3. The smallest absolute Gasteiger partial charge is 0.355 e. The molecule has 5 rings (SSSR count). The van der Waals surface area contributed by atoms with Crippen LogP contribution >= 0.6 is 0 Å². The second kappa shape index (κ2) is 6.12. The molecule has 1 saturated heterocycles. The zero-order chi connectivity index (χ0) is 19.5. The van der Waals surface area contributed by atoms with Crippen molar-refractivity contribution in [3.63, 3.8) is 0 Å². The van der Waals surface area contributed by atoms with E-state index in [2.05, 4.69) is 16.0 Å². The van der Waals surface area contributed by atoms with Gasteiger partial charge in [-0.1, -0.05) is 36.4 Å². The van der Waals surface area contributed by atoms with Crippen LogP contribution in [-0.4, -0.2) is 17.0 Å². The highest BCUT2D eigenvalue weighted by atomic mass is 19.4. The maximum Gasteiger partial charge on any atom is 0.416 e. The summed E-state index contributed by atoms with van der Waals surface area (Å²) in [5.74, 6) is -0.926. The highest BCUT2D eigenvalue weighted by molar-refractivity contribution is 5.95. The van der Waals surface area contributed by atoms with Gasteiger partial charge in [-0.2, -0.15) is 13.2 Å². The first-order valence-corrected chi connectivity index (χ1v) is 9.49. The molecule has 2 aliphatic rings. The van der Waals surface area contributed by atoms with Crippen LogP contribution in [-0.2, 0) is 23.9 Å². The number of aromatic nitrogens is 1. The van der Waals surface area contributed by atoms with Crippen LogP contribution in [0, 0.1) is 0 Å². The molecule has 3 heterocycles. The first kappa shape index (κ1) is 17.3. The average Bonchev–Trinajstić information content (AvgIpc) is 3.23. The van der Waals surface area contributed by atoms with Gasteiger partial charge in [0.2, 0.25) is 5.91 Å².